The molecule has 4 rings (SSSR count). The lowest BCUT2D eigenvalue weighted by Crippen LogP contribution is -2.22. The molecular weight excluding hydrogens is 268 g/mol. The van der Waals surface area contributed by atoms with Crippen molar-refractivity contribution >= 4 is 21.8 Å². The lowest BCUT2D eigenvalue weighted by molar-refractivity contribution is -0.782. The van der Waals surface area contributed by atoms with Crippen molar-refractivity contribution < 1.29 is 14.3 Å². The van der Waals surface area contributed by atoms with Crippen LogP contribution in [0.25, 0.3) is 21.8 Å². The molecular formula is C16H10N2O3. The van der Waals surface area contributed by atoms with Crippen LogP contribution in [0, 0.1) is 5.21 Å². The van der Waals surface area contributed by atoms with Crippen LogP contribution in [0.5, 0.6) is 11.5 Å². The molecule has 0 N–H and O–H groups in total. The van der Waals surface area contributed by atoms with Gasteiger partial charge in [0.15, 0.2) is 5.75 Å². The van der Waals surface area contributed by atoms with E-state index in [1.54, 1.807) is 18.2 Å². The van der Waals surface area contributed by atoms with Gasteiger partial charge in [0, 0.05) is 5.39 Å². The summed E-state index contributed by atoms with van der Waals surface area (Å²) >= 11 is 0. The van der Waals surface area contributed by atoms with Gasteiger partial charge in [0.2, 0.25) is 5.52 Å². The maximum Gasteiger partial charge on any atom is 0.290 e. The van der Waals surface area contributed by atoms with E-state index in [0.717, 1.165) is 10.8 Å². The molecule has 5 nitrogen and oxygen atoms in total. The zero-order valence-electron chi connectivity index (χ0n) is 10.9. The van der Waals surface area contributed by atoms with Crippen LogP contribution in [0.4, 0.5) is 0 Å². The third-order valence-electron chi connectivity index (χ3n) is 3.35. The van der Waals surface area contributed by atoms with Gasteiger partial charge in [-0.3, -0.25) is 4.63 Å². The first-order chi connectivity index (χ1) is 10.3. The van der Waals surface area contributed by atoms with Gasteiger partial charge in [-0.05, 0) is 28.5 Å². The number of fused-ring (bicyclic) bond motifs is 2. The average Bonchev–Trinajstić information content (AvgIpc) is 2.90. The highest BCUT2D eigenvalue weighted by molar-refractivity contribution is 5.89. The number of hydrogen-bond acceptors (Lipinski definition) is 4. The van der Waals surface area contributed by atoms with Gasteiger partial charge in [0.1, 0.15) is 5.75 Å². The van der Waals surface area contributed by atoms with Crippen LogP contribution in [-0.4, -0.2) is 5.16 Å². The SMILES string of the molecule is [O-][n+]1onc2c(Oc3cccc4ccccc34)cccc21. The standard InChI is InChI=1S/C16H10N2O3/c19-18-13-8-4-10-15(16(13)17-21-18)20-14-9-3-6-11-5-1-2-7-12(11)14/h1-10H. The Morgan fingerprint density at radius 2 is 1.67 bits per heavy atom. The molecule has 4 aromatic rings. The highest BCUT2D eigenvalue weighted by Crippen LogP contribution is 2.32. The van der Waals surface area contributed by atoms with Crippen molar-refractivity contribution in [2.75, 3.05) is 0 Å². The fourth-order valence-electron chi connectivity index (χ4n) is 2.36. The minimum Gasteiger partial charge on any atom is -0.452 e. The lowest BCUT2D eigenvalue weighted by Gasteiger charge is -2.07. The number of hydrogen-bond donors (Lipinski definition) is 0. The summed E-state index contributed by atoms with van der Waals surface area (Å²) < 4.78 is 10.6. The van der Waals surface area contributed by atoms with Crippen LogP contribution in [-0.2, 0) is 0 Å². The molecule has 0 radical (unpaired) electrons. The van der Waals surface area contributed by atoms with E-state index in [2.05, 4.69) is 9.79 Å². The normalized spacial score (nSPS) is 11.0. The molecule has 0 aliphatic heterocycles. The predicted octanol–water partition coefficient (Wildman–Crippen LogP) is 3.41. The van der Waals surface area contributed by atoms with Crippen LogP contribution in [0.1, 0.15) is 0 Å². The molecule has 0 spiro atoms. The number of rotatable bonds is 2. The third kappa shape index (κ3) is 1.87. The van der Waals surface area contributed by atoms with Crippen molar-refractivity contribution in [3.63, 3.8) is 0 Å². The fourth-order valence-corrected chi connectivity index (χ4v) is 2.36. The Morgan fingerprint density at radius 3 is 2.62 bits per heavy atom. The Hall–Kier alpha value is -3.08. The summed E-state index contributed by atoms with van der Waals surface area (Å²) in [5.74, 6) is 1.20. The van der Waals surface area contributed by atoms with Crippen LogP contribution in [0.2, 0.25) is 0 Å². The first-order valence-corrected chi connectivity index (χ1v) is 6.47. The molecule has 0 atom stereocenters. The number of aromatic nitrogens is 2. The van der Waals surface area contributed by atoms with E-state index in [9.17, 15) is 5.21 Å². The van der Waals surface area contributed by atoms with Gasteiger partial charge in [0.25, 0.3) is 5.52 Å². The maximum absolute atomic E-state index is 11.4. The number of ether oxygens (including phenoxy) is 1. The van der Waals surface area contributed by atoms with Crippen LogP contribution < -0.4 is 9.64 Å². The summed E-state index contributed by atoms with van der Waals surface area (Å²) in [4.78, 5) is 0.366. The Morgan fingerprint density at radius 1 is 0.905 bits per heavy atom. The molecule has 0 aliphatic rings. The molecule has 1 aromatic heterocycles. The van der Waals surface area contributed by atoms with E-state index >= 15 is 0 Å². The largest absolute Gasteiger partial charge is 0.452 e. The first-order valence-electron chi connectivity index (χ1n) is 6.47. The minimum atomic E-state index is 0.340. The van der Waals surface area contributed by atoms with E-state index in [4.69, 9.17) is 4.74 Å². The van der Waals surface area contributed by atoms with Crippen LogP contribution in [0.3, 0.4) is 0 Å². The van der Waals surface area contributed by atoms with Crippen molar-refractivity contribution in [1.29, 1.82) is 0 Å². The summed E-state index contributed by atoms with van der Waals surface area (Å²) in [6.45, 7) is 0. The zero-order chi connectivity index (χ0) is 14.2. The Balaban J connectivity index is 1.87. The molecule has 0 amide bonds. The van der Waals surface area contributed by atoms with E-state index in [0.29, 0.717) is 27.4 Å². The average molecular weight is 278 g/mol. The lowest BCUT2D eigenvalue weighted by atomic mass is 10.1. The Bertz CT molecular complexity index is 941. The second-order valence-electron chi connectivity index (χ2n) is 4.63. The van der Waals surface area contributed by atoms with Gasteiger partial charge in [-0.2, -0.15) is 0 Å². The Labute approximate surface area is 119 Å². The van der Waals surface area contributed by atoms with Crippen molar-refractivity contribution in [2.45, 2.75) is 0 Å². The van der Waals surface area contributed by atoms with Crippen molar-refractivity contribution in [3.8, 4) is 11.5 Å². The second kappa shape index (κ2) is 4.49. The molecule has 0 fully saturated rings. The van der Waals surface area contributed by atoms with Gasteiger partial charge in [-0.15, -0.1) is 0 Å². The number of nitrogens with zero attached hydrogens (tertiary/aromatic N) is 2. The Kier molecular flexibility index (Phi) is 2.50. The fraction of sp³-hybridized carbons (Fsp3) is 0. The molecule has 102 valence electrons. The topological polar surface area (TPSA) is 62.2 Å². The first kappa shape index (κ1) is 11.7. The number of benzene rings is 3. The quantitative estimate of drug-likeness (QED) is 0.527. The molecule has 5 heteroatoms. The molecule has 21 heavy (non-hydrogen) atoms. The predicted molar refractivity (Wildman–Crippen MR) is 77.0 cm³/mol. The molecule has 3 aromatic carbocycles. The molecule has 0 saturated carbocycles. The molecule has 1 heterocycles. The highest BCUT2D eigenvalue weighted by Gasteiger charge is 2.16. The van der Waals surface area contributed by atoms with Crippen molar-refractivity contribution in [1.82, 2.24) is 5.16 Å². The van der Waals surface area contributed by atoms with E-state index in [1.165, 1.54) is 0 Å². The van der Waals surface area contributed by atoms with Gasteiger partial charge in [-0.1, -0.05) is 42.5 Å². The smallest absolute Gasteiger partial charge is 0.290 e. The van der Waals surface area contributed by atoms with Gasteiger partial charge >= 0.3 is 0 Å². The maximum atomic E-state index is 11.4. The van der Waals surface area contributed by atoms with Gasteiger partial charge in [0.05, 0.1) is 5.16 Å². The van der Waals surface area contributed by atoms with Crippen molar-refractivity contribution in [3.05, 3.63) is 65.9 Å². The third-order valence-corrected chi connectivity index (χ3v) is 3.35. The van der Waals surface area contributed by atoms with Crippen LogP contribution in [0.15, 0.2) is 65.3 Å². The summed E-state index contributed by atoms with van der Waals surface area (Å²) in [5.41, 5.74) is 0.744. The summed E-state index contributed by atoms with van der Waals surface area (Å²) in [6.07, 6.45) is 0. The summed E-state index contributed by atoms with van der Waals surface area (Å²) in [7, 11) is 0. The van der Waals surface area contributed by atoms with Crippen molar-refractivity contribution in [2.24, 2.45) is 0 Å². The van der Waals surface area contributed by atoms with Gasteiger partial charge < -0.3 is 9.94 Å². The van der Waals surface area contributed by atoms with E-state index in [-0.39, 0.29) is 0 Å². The zero-order valence-corrected chi connectivity index (χ0v) is 10.9. The second-order valence-corrected chi connectivity index (χ2v) is 4.63. The monoisotopic (exact) mass is 278 g/mol. The van der Waals surface area contributed by atoms with Crippen LogP contribution >= 0.6 is 0 Å². The molecule has 0 saturated heterocycles. The highest BCUT2D eigenvalue weighted by atomic mass is 16.8. The van der Waals surface area contributed by atoms with Gasteiger partial charge in [-0.25, -0.2) is 0 Å². The molecule has 0 aliphatic carbocycles. The minimum absolute atomic E-state index is 0.340. The summed E-state index contributed by atoms with van der Waals surface area (Å²) in [5, 5.41) is 17.3. The molecule has 0 bridgehead atoms. The van der Waals surface area contributed by atoms with E-state index in [1.807, 2.05) is 42.5 Å². The summed E-state index contributed by atoms with van der Waals surface area (Å²) in [6, 6.07) is 18.9. The van der Waals surface area contributed by atoms with E-state index < -0.39 is 0 Å². The molecule has 0 unspecified atom stereocenters.